The first-order valence-corrected chi connectivity index (χ1v) is 8.27. The molecule has 3 rings (SSSR count). The summed E-state index contributed by atoms with van der Waals surface area (Å²) in [4.78, 5) is 33.4. The minimum absolute atomic E-state index is 0.224. The van der Waals surface area contributed by atoms with Crippen molar-refractivity contribution in [3.8, 4) is 5.82 Å². The molecule has 2 aromatic heterocycles. The highest BCUT2D eigenvalue weighted by Gasteiger charge is 2.19. The van der Waals surface area contributed by atoms with Crippen molar-refractivity contribution in [2.45, 2.75) is 24.3 Å². The van der Waals surface area contributed by atoms with Gasteiger partial charge in [-0.25, -0.2) is 14.5 Å². The Labute approximate surface area is 142 Å². The number of rotatable bonds is 4. The van der Waals surface area contributed by atoms with E-state index >= 15 is 0 Å². The SMILES string of the molecule is Cc1cccc(-n2c(S[C@@H](C)C(N)=O)nc3ccccc3c2=O)n1. The predicted octanol–water partition coefficient (Wildman–Crippen LogP) is 2.06. The summed E-state index contributed by atoms with van der Waals surface area (Å²) in [6.45, 7) is 3.53. The lowest BCUT2D eigenvalue weighted by Crippen LogP contribution is -2.27. The van der Waals surface area contributed by atoms with Gasteiger partial charge >= 0.3 is 0 Å². The smallest absolute Gasteiger partial charge is 0.267 e. The van der Waals surface area contributed by atoms with Gasteiger partial charge in [0.1, 0.15) is 5.82 Å². The van der Waals surface area contributed by atoms with Crippen LogP contribution in [0, 0.1) is 6.92 Å². The largest absolute Gasteiger partial charge is 0.369 e. The van der Waals surface area contributed by atoms with Crippen LogP contribution in [0.3, 0.4) is 0 Å². The van der Waals surface area contributed by atoms with Crippen LogP contribution in [-0.4, -0.2) is 25.7 Å². The van der Waals surface area contributed by atoms with Gasteiger partial charge in [0.2, 0.25) is 5.91 Å². The molecule has 2 N–H and O–H groups in total. The number of benzene rings is 1. The Bertz CT molecular complexity index is 984. The van der Waals surface area contributed by atoms with Crippen LogP contribution in [0.4, 0.5) is 0 Å². The van der Waals surface area contributed by atoms with E-state index in [0.29, 0.717) is 21.9 Å². The zero-order valence-electron chi connectivity index (χ0n) is 13.3. The standard InChI is InChI=1S/C17H16N4O2S/c1-10-6-5-9-14(19-10)21-16(23)12-7-3-4-8-13(12)20-17(21)24-11(2)15(18)22/h3-9,11H,1-2H3,(H2,18,22)/t11-/m0/s1. The topological polar surface area (TPSA) is 90.9 Å². The zero-order chi connectivity index (χ0) is 17.3. The summed E-state index contributed by atoms with van der Waals surface area (Å²) in [5, 5.41) is 0.370. The van der Waals surface area contributed by atoms with E-state index in [1.165, 1.54) is 4.57 Å². The first-order chi connectivity index (χ1) is 11.5. The van der Waals surface area contributed by atoms with Gasteiger partial charge in [0.05, 0.1) is 16.2 Å². The summed E-state index contributed by atoms with van der Waals surface area (Å²) >= 11 is 1.15. The molecule has 0 aliphatic carbocycles. The van der Waals surface area contributed by atoms with Crippen LogP contribution in [-0.2, 0) is 4.79 Å². The van der Waals surface area contributed by atoms with Crippen molar-refractivity contribution in [3.05, 3.63) is 58.5 Å². The summed E-state index contributed by atoms with van der Waals surface area (Å²) in [5.41, 5.74) is 6.49. The van der Waals surface area contributed by atoms with Gasteiger partial charge < -0.3 is 5.73 Å². The highest BCUT2D eigenvalue weighted by molar-refractivity contribution is 8.00. The number of carbonyl (C=O) groups is 1. The molecular formula is C17H16N4O2S. The molecule has 122 valence electrons. The van der Waals surface area contributed by atoms with Crippen molar-refractivity contribution >= 4 is 28.6 Å². The molecule has 7 heteroatoms. The Morgan fingerprint density at radius 2 is 1.92 bits per heavy atom. The number of fused-ring (bicyclic) bond motifs is 1. The second-order valence-electron chi connectivity index (χ2n) is 5.35. The molecule has 1 atom stereocenters. The number of hydrogen-bond acceptors (Lipinski definition) is 5. The highest BCUT2D eigenvalue weighted by atomic mass is 32.2. The molecule has 24 heavy (non-hydrogen) atoms. The summed E-state index contributed by atoms with van der Waals surface area (Å²) in [5.74, 6) is 0.00332. The number of aromatic nitrogens is 3. The number of amides is 1. The highest BCUT2D eigenvalue weighted by Crippen LogP contribution is 2.24. The van der Waals surface area contributed by atoms with Gasteiger partial charge in [0.25, 0.3) is 5.56 Å². The van der Waals surface area contributed by atoms with Crippen LogP contribution in [0.2, 0.25) is 0 Å². The number of thioether (sulfide) groups is 1. The number of nitrogens with two attached hydrogens (primary N) is 1. The number of aryl methyl sites for hydroxylation is 1. The molecule has 0 fully saturated rings. The summed E-state index contributed by atoms with van der Waals surface area (Å²) in [7, 11) is 0. The van der Waals surface area contributed by atoms with Gasteiger partial charge in [-0.15, -0.1) is 0 Å². The van der Waals surface area contributed by atoms with Crippen molar-refractivity contribution in [3.63, 3.8) is 0 Å². The van der Waals surface area contributed by atoms with Gasteiger partial charge in [0.15, 0.2) is 5.16 Å². The van der Waals surface area contributed by atoms with Gasteiger partial charge in [0, 0.05) is 5.69 Å². The Kier molecular flexibility index (Phi) is 4.35. The van der Waals surface area contributed by atoms with Crippen molar-refractivity contribution in [1.82, 2.24) is 14.5 Å². The van der Waals surface area contributed by atoms with Crippen molar-refractivity contribution in [2.75, 3.05) is 0 Å². The van der Waals surface area contributed by atoms with E-state index in [4.69, 9.17) is 5.73 Å². The third-order valence-electron chi connectivity index (χ3n) is 3.53. The lowest BCUT2D eigenvalue weighted by molar-refractivity contribution is -0.117. The van der Waals surface area contributed by atoms with Crippen LogP contribution in [0.1, 0.15) is 12.6 Å². The molecule has 0 aliphatic heterocycles. The summed E-state index contributed by atoms with van der Waals surface area (Å²) in [6, 6.07) is 12.5. The Balaban J connectivity index is 2.29. The Morgan fingerprint density at radius 1 is 1.17 bits per heavy atom. The van der Waals surface area contributed by atoms with Crippen molar-refractivity contribution in [2.24, 2.45) is 5.73 Å². The number of carbonyl (C=O) groups excluding carboxylic acids is 1. The molecule has 1 aromatic carbocycles. The molecule has 3 aromatic rings. The first kappa shape index (κ1) is 16.2. The van der Waals surface area contributed by atoms with E-state index in [1.54, 1.807) is 31.2 Å². The van der Waals surface area contributed by atoms with E-state index in [9.17, 15) is 9.59 Å². The molecule has 6 nitrogen and oxygen atoms in total. The van der Waals surface area contributed by atoms with Crippen LogP contribution in [0.15, 0.2) is 52.4 Å². The number of primary amides is 1. The van der Waals surface area contributed by atoms with Gasteiger partial charge in [-0.2, -0.15) is 0 Å². The monoisotopic (exact) mass is 340 g/mol. The van der Waals surface area contributed by atoms with E-state index in [-0.39, 0.29) is 5.56 Å². The first-order valence-electron chi connectivity index (χ1n) is 7.39. The fourth-order valence-corrected chi connectivity index (χ4v) is 3.13. The number of hydrogen-bond donors (Lipinski definition) is 1. The maximum Gasteiger partial charge on any atom is 0.267 e. The molecule has 0 radical (unpaired) electrons. The molecule has 0 saturated heterocycles. The summed E-state index contributed by atoms with van der Waals surface area (Å²) in [6.07, 6.45) is 0. The normalized spacial score (nSPS) is 12.2. The number of pyridine rings is 1. The zero-order valence-corrected chi connectivity index (χ0v) is 14.1. The molecule has 0 unspecified atom stereocenters. The third-order valence-corrected chi connectivity index (χ3v) is 4.60. The maximum absolute atomic E-state index is 13.0. The third kappa shape index (κ3) is 3.03. The Hall–Kier alpha value is -2.67. The van der Waals surface area contributed by atoms with Crippen LogP contribution in [0.5, 0.6) is 0 Å². The van der Waals surface area contributed by atoms with Crippen LogP contribution >= 0.6 is 11.8 Å². The molecule has 2 heterocycles. The second kappa shape index (κ2) is 6.45. The number of nitrogens with zero attached hydrogens (tertiary/aromatic N) is 3. The predicted molar refractivity (Wildman–Crippen MR) is 94.4 cm³/mol. The second-order valence-corrected chi connectivity index (χ2v) is 6.66. The average Bonchev–Trinajstić information content (AvgIpc) is 2.55. The molecule has 0 spiro atoms. The van der Waals surface area contributed by atoms with E-state index in [0.717, 1.165) is 17.5 Å². The molecule has 0 bridgehead atoms. The van der Waals surface area contributed by atoms with Gasteiger partial charge in [-0.1, -0.05) is 30.0 Å². The van der Waals surface area contributed by atoms with E-state index < -0.39 is 11.2 Å². The fourth-order valence-electron chi connectivity index (χ4n) is 2.26. The number of para-hydroxylation sites is 1. The minimum Gasteiger partial charge on any atom is -0.369 e. The lowest BCUT2D eigenvalue weighted by atomic mass is 10.2. The quantitative estimate of drug-likeness (QED) is 0.580. The van der Waals surface area contributed by atoms with Crippen LogP contribution in [0.25, 0.3) is 16.7 Å². The average molecular weight is 340 g/mol. The Morgan fingerprint density at radius 3 is 2.62 bits per heavy atom. The van der Waals surface area contributed by atoms with Gasteiger partial charge in [-0.3, -0.25) is 9.59 Å². The molecule has 1 amide bonds. The molecular weight excluding hydrogens is 324 g/mol. The van der Waals surface area contributed by atoms with Crippen molar-refractivity contribution in [1.29, 1.82) is 0 Å². The minimum atomic E-state index is -0.519. The lowest BCUT2D eigenvalue weighted by Gasteiger charge is -2.14. The molecule has 0 saturated carbocycles. The van der Waals surface area contributed by atoms with E-state index in [2.05, 4.69) is 9.97 Å². The van der Waals surface area contributed by atoms with Gasteiger partial charge in [-0.05, 0) is 38.1 Å². The van der Waals surface area contributed by atoms with Crippen LogP contribution < -0.4 is 11.3 Å². The van der Waals surface area contributed by atoms with E-state index in [1.807, 2.05) is 25.1 Å². The molecule has 0 aliphatic rings. The summed E-state index contributed by atoms with van der Waals surface area (Å²) < 4.78 is 1.43. The van der Waals surface area contributed by atoms with Crippen molar-refractivity contribution < 1.29 is 4.79 Å². The fraction of sp³-hybridized carbons (Fsp3) is 0.176. The maximum atomic E-state index is 13.0.